The van der Waals surface area contributed by atoms with Crippen LogP contribution >= 0.6 is 0 Å². The lowest BCUT2D eigenvalue weighted by molar-refractivity contribution is 1.18. The van der Waals surface area contributed by atoms with Crippen molar-refractivity contribution in [3.63, 3.8) is 0 Å². The summed E-state index contributed by atoms with van der Waals surface area (Å²) in [5.41, 5.74) is 13.8. The van der Waals surface area contributed by atoms with E-state index in [2.05, 4.69) is 155 Å². The highest BCUT2D eigenvalue weighted by molar-refractivity contribution is 6.12. The molecule has 10 aromatic rings. The fourth-order valence-corrected chi connectivity index (χ4v) is 7.72. The minimum Gasteiger partial charge on any atom is -0.309 e. The summed E-state index contributed by atoms with van der Waals surface area (Å²) >= 11 is 0. The van der Waals surface area contributed by atoms with E-state index in [1.165, 1.54) is 38.2 Å². The van der Waals surface area contributed by atoms with Gasteiger partial charge in [-0.25, -0.2) is 4.98 Å². The van der Waals surface area contributed by atoms with Crippen LogP contribution in [0, 0.1) is 11.3 Å². The van der Waals surface area contributed by atoms with E-state index in [9.17, 15) is 5.26 Å². The second-order valence-corrected chi connectivity index (χ2v) is 13.2. The van der Waals surface area contributed by atoms with Crippen LogP contribution in [0.15, 0.2) is 182 Å². The number of nitriles is 1. The molecule has 0 bridgehead atoms. The summed E-state index contributed by atoms with van der Waals surface area (Å²) in [6.45, 7) is 0. The highest BCUT2D eigenvalue weighted by atomic mass is 15.0. The van der Waals surface area contributed by atoms with Crippen LogP contribution in [0.3, 0.4) is 0 Å². The van der Waals surface area contributed by atoms with E-state index in [1.807, 2.05) is 42.5 Å². The van der Waals surface area contributed by atoms with Crippen LogP contribution in [0.2, 0.25) is 0 Å². The number of rotatable bonds is 5. The maximum absolute atomic E-state index is 9.36. The third kappa shape index (κ3) is 4.80. The zero-order valence-corrected chi connectivity index (χ0v) is 28.1. The Labute approximate surface area is 300 Å². The molecule has 242 valence electrons. The highest BCUT2D eigenvalue weighted by Crippen LogP contribution is 2.38. The molecule has 0 aliphatic heterocycles. The second-order valence-electron chi connectivity index (χ2n) is 13.2. The topological polar surface area (TPSA) is 46.5 Å². The average Bonchev–Trinajstić information content (AvgIpc) is 3.73. The van der Waals surface area contributed by atoms with E-state index in [0.717, 1.165) is 50.4 Å². The molecule has 0 amide bonds. The quantitative estimate of drug-likeness (QED) is 0.184. The Morgan fingerprint density at radius 1 is 0.365 bits per heavy atom. The van der Waals surface area contributed by atoms with Gasteiger partial charge in [-0.1, -0.05) is 97.1 Å². The third-order valence-electron chi connectivity index (χ3n) is 10.2. The van der Waals surface area contributed by atoms with Crippen LogP contribution in [-0.4, -0.2) is 14.1 Å². The predicted octanol–water partition coefficient (Wildman–Crippen LogP) is 12.1. The lowest BCUT2D eigenvalue weighted by Crippen LogP contribution is -1.95. The first kappa shape index (κ1) is 29.7. The molecule has 3 heterocycles. The Morgan fingerprint density at radius 2 is 0.885 bits per heavy atom. The van der Waals surface area contributed by atoms with Crippen LogP contribution in [0.1, 0.15) is 5.56 Å². The number of fused-ring (bicyclic) bond motifs is 6. The number of aromatic nitrogens is 3. The molecule has 0 saturated carbocycles. The summed E-state index contributed by atoms with van der Waals surface area (Å²) < 4.78 is 4.65. The average molecular weight is 663 g/mol. The van der Waals surface area contributed by atoms with Gasteiger partial charge in [0.15, 0.2) is 0 Å². The van der Waals surface area contributed by atoms with Crippen LogP contribution in [-0.2, 0) is 0 Å². The lowest BCUT2D eigenvalue weighted by Gasteiger charge is -2.11. The van der Waals surface area contributed by atoms with E-state index in [4.69, 9.17) is 4.98 Å². The van der Waals surface area contributed by atoms with Crippen molar-refractivity contribution in [2.24, 2.45) is 0 Å². The van der Waals surface area contributed by atoms with Gasteiger partial charge >= 0.3 is 0 Å². The van der Waals surface area contributed by atoms with Gasteiger partial charge in [0.1, 0.15) is 0 Å². The van der Waals surface area contributed by atoms with Crippen molar-refractivity contribution in [1.29, 1.82) is 5.26 Å². The van der Waals surface area contributed by atoms with Gasteiger partial charge in [0.25, 0.3) is 0 Å². The molecule has 0 fully saturated rings. The molecule has 0 saturated heterocycles. The van der Waals surface area contributed by atoms with Crippen molar-refractivity contribution in [3.8, 4) is 51.1 Å². The van der Waals surface area contributed by atoms with Crippen LogP contribution < -0.4 is 0 Å². The first-order valence-electron chi connectivity index (χ1n) is 17.4. The summed E-state index contributed by atoms with van der Waals surface area (Å²) in [6.07, 6.45) is 0. The summed E-state index contributed by atoms with van der Waals surface area (Å²) in [7, 11) is 0. The van der Waals surface area contributed by atoms with Crippen molar-refractivity contribution < 1.29 is 0 Å². The summed E-state index contributed by atoms with van der Waals surface area (Å²) in [6, 6.07) is 66.1. The molecular weight excluding hydrogens is 633 g/mol. The van der Waals surface area contributed by atoms with Crippen LogP contribution in [0.25, 0.3) is 88.6 Å². The normalized spacial score (nSPS) is 11.4. The number of nitrogens with zero attached hydrogens (tertiary/aromatic N) is 4. The lowest BCUT2D eigenvalue weighted by atomic mass is 10.0. The number of hydrogen-bond donors (Lipinski definition) is 0. The van der Waals surface area contributed by atoms with E-state index in [1.54, 1.807) is 0 Å². The molecule has 0 atom stereocenters. The Morgan fingerprint density at radius 3 is 1.52 bits per heavy atom. The summed E-state index contributed by atoms with van der Waals surface area (Å²) in [5.74, 6) is 0. The van der Waals surface area contributed by atoms with Gasteiger partial charge in [-0.15, -0.1) is 0 Å². The zero-order chi connectivity index (χ0) is 34.6. The molecule has 4 heteroatoms. The molecule has 10 rings (SSSR count). The zero-order valence-electron chi connectivity index (χ0n) is 28.1. The fraction of sp³-hybridized carbons (Fsp3) is 0. The van der Waals surface area contributed by atoms with Crippen molar-refractivity contribution in [3.05, 3.63) is 188 Å². The van der Waals surface area contributed by atoms with Crippen molar-refractivity contribution in [2.75, 3.05) is 0 Å². The number of pyridine rings is 1. The van der Waals surface area contributed by atoms with Gasteiger partial charge < -0.3 is 9.13 Å². The van der Waals surface area contributed by atoms with E-state index < -0.39 is 0 Å². The Bertz CT molecular complexity index is 3010. The fourth-order valence-electron chi connectivity index (χ4n) is 7.72. The molecule has 0 N–H and O–H groups in total. The molecular formula is C48H30N4. The molecule has 0 aliphatic rings. The van der Waals surface area contributed by atoms with Crippen molar-refractivity contribution >= 4 is 43.6 Å². The number of hydrogen-bond acceptors (Lipinski definition) is 2. The molecule has 7 aromatic carbocycles. The predicted molar refractivity (Wildman–Crippen MR) is 214 cm³/mol. The first-order valence-corrected chi connectivity index (χ1v) is 17.4. The minimum absolute atomic E-state index is 0.655. The molecule has 0 radical (unpaired) electrons. The van der Waals surface area contributed by atoms with E-state index in [0.29, 0.717) is 5.56 Å². The van der Waals surface area contributed by atoms with E-state index in [-0.39, 0.29) is 0 Å². The highest BCUT2D eigenvalue weighted by Gasteiger charge is 2.16. The summed E-state index contributed by atoms with van der Waals surface area (Å²) in [4.78, 5) is 5.05. The second kappa shape index (κ2) is 12.0. The maximum atomic E-state index is 9.36. The molecule has 0 unspecified atom stereocenters. The van der Waals surface area contributed by atoms with Gasteiger partial charge in [-0.3, -0.25) is 0 Å². The monoisotopic (exact) mass is 662 g/mol. The number of benzene rings is 7. The van der Waals surface area contributed by atoms with Gasteiger partial charge in [0.2, 0.25) is 0 Å². The molecule has 52 heavy (non-hydrogen) atoms. The largest absolute Gasteiger partial charge is 0.309 e. The van der Waals surface area contributed by atoms with E-state index >= 15 is 0 Å². The Kier molecular flexibility index (Phi) is 6.84. The smallest absolute Gasteiger partial charge is 0.0991 e. The first-order chi connectivity index (χ1) is 25.7. The molecule has 0 spiro atoms. The third-order valence-corrected chi connectivity index (χ3v) is 10.2. The minimum atomic E-state index is 0.655. The Hall–Kier alpha value is -7.22. The summed E-state index contributed by atoms with van der Waals surface area (Å²) in [5, 5.41) is 14.2. The van der Waals surface area contributed by atoms with Crippen LogP contribution in [0.4, 0.5) is 0 Å². The standard InChI is InChI=1S/C48H30N4/c49-31-32-20-24-37(25-21-32)51-45-18-6-4-14-39(45)41-29-34(22-26-47(41)51)35-23-27-48-42(30-35)40-15-5-7-19-46(40)52(48)38-13-8-12-36(28-38)44-17-9-16-43(50-44)33-10-2-1-3-11-33/h1-30H. The molecule has 3 aromatic heterocycles. The Balaban J connectivity index is 1.09. The van der Waals surface area contributed by atoms with Crippen molar-refractivity contribution in [2.45, 2.75) is 0 Å². The molecule has 0 aliphatic carbocycles. The number of para-hydroxylation sites is 2. The van der Waals surface area contributed by atoms with Crippen LogP contribution in [0.5, 0.6) is 0 Å². The van der Waals surface area contributed by atoms with Crippen molar-refractivity contribution in [1.82, 2.24) is 14.1 Å². The SMILES string of the molecule is N#Cc1ccc(-n2c3ccccc3c3cc(-c4ccc5c(c4)c4ccccc4n5-c4cccc(-c5cccc(-c6ccccc6)n5)c4)ccc32)cc1. The van der Waals surface area contributed by atoms with Gasteiger partial charge in [-0.05, 0) is 96.1 Å². The van der Waals surface area contributed by atoms with Gasteiger partial charge in [0.05, 0.1) is 45.1 Å². The maximum Gasteiger partial charge on any atom is 0.0991 e. The van der Waals surface area contributed by atoms with Gasteiger partial charge in [-0.2, -0.15) is 5.26 Å². The molecule has 4 nitrogen and oxygen atoms in total. The van der Waals surface area contributed by atoms with Gasteiger partial charge in [0, 0.05) is 44.0 Å².